The van der Waals surface area contributed by atoms with E-state index in [1.165, 1.54) is 12.0 Å². The summed E-state index contributed by atoms with van der Waals surface area (Å²) >= 11 is 5.43. The Hall–Kier alpha value is -1.70. The molecule has 0 spiro atoms. The summed E-state index contributed by atoms with van der Waals surface area (Å²) in [5, 5.41) is 13.8. The van der Waals surface area contributed by atoms with E-state index in [9.17, 15) is 5.11 Å². The highest BCUT2D eigenvalue weighted by atomic mass is 32.1. The smallest absolute Gasteiger partial charge is 0.198 e. The molecule has 1 unspecified atom stereocenters. The summed E-state index contributed by atoms with van der Waals surface area (Å²) in [7, 11) is 3.56. The molecule has 2 aromatic rings. The molecule has 1 fully saturated rings. The van der Waals surface area contributed by atoms with E-state index in [0.717, 1.165) is 25.1 Å². The summed E-state index contributed by atoms with van der Waals surface area (Å²) < 4.78 is 9.69. The molecule has 0 aliphatic carbocycles. The van der Waals surface area contributed by atoms with Crippen LogP contribution in [0, 0.1) is 4.77 Å². The van der Waals surface area contributed by atoms with Crippen molar-refractivity contribution in [1.29, 1.82) is 0 Å². The number of aliphatic hydroxyl groups is 1. The number of para-hydroxylation sites is 1. The SMILES string of the molecule is COc1ccccc1CC1CCCN1Cn1nc(CO)n(C)c1=S. The number of hydrogen-bond donors (Lipinski definition) is 1. The van der Waals surface area contributed by atoms with Gasteiger partial charge in [-0.25, -0.2) is 4.68 Å². The number of nitrogens with zero attached hydrogens (tertiary/aromatic N) is 4. The van der Waals surface area contributed by atoms with E-state index < -0.39 is 0 Å². The van der Waals surface area contributed by atoms with Crippen molar-refractivity contribution in [1.82, 2.24) is 19.2 Å². The molecule has 1 atom stereocenters. The van der Waals surface area contributed by atoms with Crippen LogP contribution in [-0.2, 0) is 26.7 Å². The molecule has 1 saturated heterocycles. The van der Waals surface area contributed by atoms with E-state index in [0.29, 0.717) is 23.3 Å². The van der Waals surface area contributed by atoms with E-state index in [1.807, 2.05) is 19.2 Å². The Bertz CT molecular complexity index is 755. The van der Waals surface area contributed by atoms with Crippen LogP contribution >= 0.6 is 12.2 Å². The first-order chi connectivity index (χ1) is 11.6. The number of aliphatic hydroxyl groups excluding tert-OH is 1. The molecule has 1 aromatic heterocycles. The van der Waals surface area contributed by atoms with Gasteiger partial charge in [0.05, 0.1) is 13.8 Å². The van der Waals surface area contributed by atoms with Gasteiger partial charge in [-0.1, -0.05) is 18.2 Å². The van der Waals surface area contributed by atoms with Crippen LogP contribution in [-0.4, -0.2) is 44.1 Å². The second kappa shape index (κ2) is 7.46. The Morgan fingerprint density at radius 3 is 2.88 bits per heavy atom. The molecule has 7 heteroatoms. The first-order valence-corrected chi connectivity index (χ1v) is 8.64. The molecule has 1 aromatic carbocycles. The van der Waals surface area contributed by atoms with Crippen molar-refractivity contribution >= 4 is 12.2 Å². The van der Waals surface area contributed by atoms with Crippen molar-refractivity contribution in [3.8, 4) is 5.75 Å². The predicted molar refractivity (Wildman–Crippen MR) is 94.4 cm³/mol. The monoisotopic (exact) mass is 348 g/mol. The minimum absolute atomic E-state index is 0.0994. The highest BCUT2D eigenvalue weighted by Gasteiger charge is 2.26. The standard InChI is InChI=1S/C17H24N4O2S/c1-19-16(11-22)18-21(17(19)24)12-20-9-5-7-14(20)10-13-6-3-4-8-15(13)23-2/h3-4,6,8,14,22H,5,7,9-12H2,1-2H3. The van der Waals surface area contributed by atoms with Crippen LogP contribution in [0.15, 0.2) is 24.3 Å². The topological polar surface area (TPSA) is 55.4 Å². The van der Waals surface area contributed by atoms with Gasteiger partial charge in [0.25, 0.3) is 0 Å². The summed E-state index contributed by atoms with van der Waals surface area (Å²) in [4.78, 5) is 2.41. The number of hydrogen-bond acceptors (Lipinski definition) is 5. The Labute approximate surface area is 147 Å². The van der Waals surface area contributed by atoms with Crippen molar-refractivity contribution in [3.63, 3.8) is 0 Å². The molecule has 2 heterocycles. The largest absolute Gasteiger partial charge is 0.496 e. The number of ether oxygens (including phenoxy) is 1. The zero-order valence-electron chi connectivity index (χ0n) is 14.2. The summed E-state index contributed by atoms with van der Waals surface area (Å²) in [5.74, 6) is 1.54. The normalized spacial score (nSPS) is 18.2. The molecule has 1 aliphatic rings. The molecule has 1 aliphatic heterocycles. The van der Waals surface area contributed by atoms with Crippen LogP contribution in [0.25, 0.3) is 0 Å². The number of likely N-dealkylation sites (tertiary alicyclic amines) is 1. The third kappa shape index (κ3) is 3.38. The van der Waals surface area contributed by atoms with Gasteiger partial charge in [0, 0.05) is 19.6 Å². The lowest BCUT2D eigenvalue weighted by Crippen LogP contribution is -2.33. The van der Waals surface area contributed by atoms with Gasteiger partial charge in [-0.05, 0) is 43.1 Å². The van der Waals surface area contributed by atoms with Crippen molar-refractivity contribution in [2.75, 3.05) is 13.7 Å². The molecule has 24 heavy (non-hydrogen) atoms. The van der Waals surface area contributed by atoms with Crippen molar-refractivity contribution in [2.45, 2.75) is 38.6 Å². The Morgan fingerprint density at radius 2 is 2.17 bits per heavy atom. The second-order valence-corrected chi connectivity index (χ2v) is 6.55. The highest BCUT2D eigenvalue weighted by Crippen LogP contribution is 2.26. The fourth-order valence-corrected chi connectivity index (χ4v) is 3.58. The lowest BCUT2D eigenvalue weighted by atomic mass is 10.0. The van der Waals surface area contributed by atoms with E-state index in [1.54, 1.807) is 16.4 Å². The Morgan fingerprint density at radius 1 is 1.38 bits per heavy atom. The van der Waals surface area contributed by atoms with Crippen LogP contribution in [0.3, 0.4) is 0 Å². The van der Waals surface area contributed by atoms with E-state index in [-0.39, 0.29) is 6.61 Å². The van der Waals surface area contributed by atoms with Crippen LogP contribution in [0.4, 0.5) is 0 Å². The minimum Gasteiger partial charge on any atom is -0.496 e. The average Bonchev–Trinajstić information content (AvgIpc) is 3.15. The van der Waals surface area contributed by atoms with Crippen LogP contribution in [0.1, 0.15) is 24.2 Å². The van der Waals surface area contributed by atoms with Gasteiger partial charge in [0.2, 0.25) is 0 Å². The number of methoxy groups -OCH3 is 1. The summed E-state index contributed by atoms with van der Waals surface area (Å²) in [6, 6.07) is 8.64. The fraction of sp³-hybridized carbons (Fsp3) is 0.529. The van der Waals surface area contributed by atoms with Crippen molar-refractivity contribution < 1.29 is 9.84 Å². The number of rotatable bonds is 6. The van der Waals surface area contributed by atoms with Gasteiger partial charge in [0.15, 0.2) is 10.6 Å². The Kier molecular flexibility index (Phi) is 5.33. The lowest BCUT2D eigenvalue weighted by molar-refractivity contribution is 0.185. The third-order valence-corrected chi connectivity index (χ3v) is 5.22. The van der Waals surface area contributed by atoms with Crippen molar-refractivity contribution in [2.24, 2.45) is 7.05 Å². The van der Waals surface area contributed by atoms with Gasteiger partial charge in [-0.15, -0.1) is 0 Å². The predicted octanol–water partition coefficient (Wildman–Crippen LogP) is 2.12. The van der Waals surface area contributed by atoms with E-state index in [4.69, 9.17) is 17.0 Å². The molecular weight excluding hydrogens is 324 g/mol. The third-order valence-electron chi connectivity index (χ3n) is 4.74. The van der Waals surface area contributed by atoms with Crippen molar-refractivity contribution in [3.05, 3.63) is 40.4 Å². The van der Waals surface area contributed by atoms with Gasteiger partial charge in [-0.2, -0.15) is 5.10 Å². The van der Waals surface area contributed by atoms with Gasteiger partial charge in [-0.3, -0.25) is 4.90 Å². The molecule has 0 radical (unpaired) electrons. The quantitative estimate of drug-likeness (QED) is 0.811. The number of benzene rings is 1. The molecule has 0 bridgehead atoms. The summed E-state index contributed by atoms with van der Waals surface area (Å²) in [5.41, 5.74) is 1.23. The molecule has 0 amide bonds. The van der Waals surface area contributed by atoms with Crippen LogP contribution in [0.2, 0.25) is 0 Å². The van der Waals surface area contributed by atoms with Gasteiger partial charge < -0.3 is 14.4 Å². The first kappa shape index (κ1) is 17.1. The zero-order valence-corrected chi connectivity index (χ0v) is 15.0. The zero-order chi connectivity index (χ0) is 17.1. The number of aromatic nitrogens is 3. The Balaban J connectivity index is 1.75. The molecular formula is C17H24N4O2S. The molecule has 3 rings (SSSR count). The maximum Gasteiger partial charge on any atom is 0.198 e. The maximum absolute atomic E-state index is 9.35. The van der Waals surface area contributed by atoms with Gasteiger partial charge >= 0.3 is 0 Å². The minimum atomic E-state index is -0.0994. The summed E-state index contributed by atoms with van der Waals surface area (Å²) in [6.45, 7) is 1.59. The molecule has 130 valence electrons. The van der Waals surface area contributed by atoms with E-state index in [2.05, 4.69) is 22.1 Å². The van der Waals surface area contributed by atoms with Gasteiger partial charge in [0.1, 0.15) is 12.4 Å². The van der Waals surface area contributed by atoms with Crippen LogP contribution < -0.4 is 4.74 Å². The fourth-order valence-electron chi connectivity index (χ4n) is 3.37. The molecule has 6 nitrogen and oxygen atoms in total. The van der Waals surface area contributed by atoms with Crippen LogP contribution in [0.5, 0.6) is 5.75 Å². The molecule has 0 saturated carbocycles. The second-order valence-electron chi connectivity index (χ2n) is 6.18. The molecule has 1 N–H and O–H groups in total. The van der Waals surface area contributed by atoms with E-state index >= 15 is 0 Å². The maximum atomic E-state index is 9.35. The summed E-state index contributed by atoms with van der Waals surface area (Å²) in [6.07, 6.45) is 3.29. The highest BCUT2D eigenvalue weighted by molar-refractivity contribution is 7.71. The lowest BCUT2D eigenvalue weighted by Gasteiger charge is -2.24. The average molecular weight is 348 g/mol. The first-order valence-electron chi connectivity index (χ1n) is 8.23.